The Morgan fingerprint density at radius 2 is 1.93 bits per heavy atom. The number of morpholine rings is 1. The van der Waals surface area contributed by atoms with Gasteiger partial charge >= 0.3 is 0 Å². The molecule has 1 aromatic carbocycles. The van der Waals surface area contributed by atoms with E-state index in [-0.39, 0.29) is 5.91 Å². The van der Waals surface area contributed by atoms with E-state index in [2.05, 4.69) is 20.6 Å². The molecule has 1 amide bonds. The monoisotopic (exact) mass is 408 g/mol. The summed E-state index contributed by atoms with van der Waals surface area (Å²) in [6.45, 7) is 3.65. The van der Waals surface area contributed by atoms with Gasteiger partial charge in [0.15, 0.2) is 0 Å². The number of aromatic nitrogens is 2. The molecule has 1 saturated heterocycles. The number of hydrogen-bond donors (Lipinski definition) is 1. The van der Waals surface area contributed by atoms with Crippen molar-refractivity contribution < 1.29 is 9.53 Å². The first kappa shape index (κ1) is 19.5. The number of hydrogen-bond acceptors (Lipinski definition) is 6. The number of nitrogens with zero attached hydrogens (tertiary/aromatic N) is 3. The molecule has 1 aliphatic rings. The van der Waals surface area contributed by atoms with Crippen LogP contribution in [0.15, 0.2) is 54.2 Å². The number of carbonyl (C=O) groups is 1. The van der Waals surface area contributed by atoms with E-state index in [0.717, 1.165) is 53.4 Å². The van der Waals surface area contributed by atoms with Crippen LogP contribution in [0.2, 0.25) is 0 Å². The molecular formula is C22H24N4O2S. The lowest BCUT2D eigenvalue weighted by Crippen LogP contribution is -2.38. The molecule has 0 saturated carbocycles. The Hall–Kier alpha value is -2.77. The number of nitrogens with one attached hydrogen (secondary N) is 1. The summed E-state index contributed by atoms with van der Waals surface area (Å²) in [6.07, 6.45) is 5.26. The molecule has 6 nitrogen and oxygen atoms in total. The second-order valence-electron chi connectivity index (χ2n) is 6.84. The number of ether oxygens (including phenoxy) is 1. The van der Waals surface area contributed by atoms with Crippen LogP contribution in [0.1, 0.15) is 21.8 Å². The summed E-state index contributed by atoms with van der Waals surface area (Å²) in [5.41, 5.74) is 3.77. The highest BCUT2D eigenvalue weighted by Gasteiger charge is 2.18. The highest BCUT2D eigenvalue weighted by Crippen LogP contribution is 2.23. The molecule has 4 rings (SSSR count). The van der Waals surface area contributed by atoms with E-state index in [1.807, 2.05) is 36.4 Å². The van der Waals surface area contributed by atoms with Crippen molar-refractivity contribution in [1.82, 2.24) is 15.3 Å². The highest BCUT2D eigenvalue weighted by atomic mass is 32.1. The van der Waals surface area contributed by atoms with E-state index in [9.17, 15) is 4.79 Å². The Morgan fingerprint density at radius 1 is 1.14 bits per heavy atom. The molecule has 29 heavy (non-hydrogen) atoms. The SMILES string of the molecule is O=C(NCCCc1nc(-c2ccncc2)cs1)c1ccccc1N1CCOCC1. The summed E-state index contributed by atoms with van der Waals surface area (Å²) in [5, 5.41) is 6.21. The molecule has 0 aliphatic carbocycles. The van der Waals surface area contributed by atoms with Crippen molar-refractivity contribution in [2.75, 3.05) is 37.7 Å². The van der Waals surface area contributed by atoms with Gasteiger partial charge in [0, 0.05) is 55.1 Å². The van der Waals surface area contributed by atoms with Gasteiger partial charge in [-0.15, -0.1) is 11.3 Å². The summed E-state index contributed by atoms with van der Waals surface area (Å²) >= 11 is 1.66. The Labute approximate surface area is 174 Å². The molecule has 7 heteroatoms. The fourth-order valence-corrected chi connectivity index (χ4v) is 4.21. The third-order valence-electron chi connectivity index (χ3n) is 4.88. The van der Waals surface area contributed by atoms with Gasteiger partial charge in [-0.3, -0.25) is 9.78 Å². The van der Waals surface area contributed by atoms with Gasteiger partial charge in [0.1, 0.15) is 0 Å². The predicted octanol–water partition coefficient (Wildman–Crippen LogP) is 3.40. The molecule has 2 aromatic heterocycles. The Balaban J connectivity index is 1.29. The second kappa shape index (κ2) is 9.62. The minimum absolute atomic E-state index is 0.0243. The van der Waals surface area contributed by atoms with Gasteiger partial charge in [0.2, 0.25) is 0 Å². The van der Waals surface area contributed by atoms with Gasteiger partial charge in [-0.25, -0.2) is 4.98 Å². The molecule has 0 spiro atoms. The van der Waals surface area contributed by atoms with Crippen LogP contribution in [-0.4, -0.2) is 48.7 Å². The topological polar surface area (TPSA) is 67.4 Å². The Kier molecular flexibility index (Phi) is 6.49. The first-order valence-corrected chi connectivity index (χ1v) is 10.7. The smallest absolute Gasteiger partial charge is 0.253 e. The molecule has 1 N–H and O–H groups in total. The molecule has 0 atom stereocenters. The van der Waals surface area contributed by atoms with Gasteiger partial charge in [-0.05, 0) is 30.7 Å². The molecule has 3 heterocycles. The average Bonchev–Trinajstić information content (AvgIpc) is 3.27. The molecule has 0 unspecified atom stereocenters. The lowest BCUT2D eigenvalue weighted by Gasteiger charge is -2.30. The molecule has 1 aliphatic heterocycles. The maximum atomic E-state index is 12.7. The predicted molar refractivity (Wildman–Crippen MR) is 115 cm³/mol. The standard InChI is InChI=1S/C22H24N4O2S/c27-22(18-4-1-2-5-20(18)26-12-14-28-15-13-26)24-9-3-6-21-25-19(16-29-21)17-7-10-23-11-8-17/h1-2,4-5,7-8,10-11,16H,3,6,9,12-15H2,(H,24,27). The number of thiazole rings is 1. The van der Waals surface area contributed by atoms with Crippen molar-refractivity contribution >= 4 is 22.9 Å². The number of amides is 1. The maximum absolute atomic E-state index is 12.7. The van der Waals surface area contributed by atoms with E-state index < -0.39 is 0 Å². The zero-order valence-electron chi connectivity index (χ0n) is 16.2. The van der Waals surface area contributed by atoms with Crippen LogP contribution in [-0.2, 0) is 11.2 Å². The zero-order valence-corrected chi connectivity index (χ0v) is 17.0. The molecule has 150 valence electrons. The van der Waals surface area contributed by atoms with Crippen LogP contribution < -0.4 is 10.2 Å². The number of aryl methyl sites for hydroxylation is 1. The van der Waals surface area contributed by atoms with E-state index in [1.54, 1.807) is 23.7 Å². The van der Waals surface area contributed by atoms with E-state index in [1.165, 1.54) is 0 Å². The van der Waals surface area contributed by atoms with Gasteiger partial charge in [0.25, 0.3) is 5.91 Å². The Bertz CT molecular complexity index is 939. The van der Waals surface area contributed by atoms with E-state index in [0.29, 0.717) is 19.8 Å². The lowest BCUT2D eigenvalue weighted by molar-refractivity contribution is 0.0951. The minimum Gasteiger partial charge on any atom is -0.378 e. The zero-order chi connectivity index (χ0) is 19.9. The van der Waals surface area contributed by atoms with Crippen molar-refractivity contribution in [3.8, 4) is 11.3 Å². The fraction of sp³-hybridized carbons (Fsp3) is 0.318. The van der Waals surface area contributed by atoms with E-state index >= 15 is 0 Å². The number of para-hydroxylation sites is 1. The fourth-order valence-electron chi connectivity index (χ4n) is 3.36. The van der Waals surface area contributed by atoms with Crippen molar-refractivity contribution in [2.24, 2.45) is 0 Å². The summed E-state index contributed by atoms with van der Waals surface area (Å²) in [6, 6.07) is 11.7. The average molecular weight is 409 g/mol. The molecular weight excluding hydrogens is 384 g/mol. The number of rotatable bonds is 7. The first-order chi connectivity index (χ1) is 14.3. The Morgan fingerprint density at radius 3 is 2.76 bits per heavy atom. The van der Waals surface area contributed by atoms with Crippen LogP contribution in [0.3, 0.4) is 0 Å². The molecule has 1 fully saturated rings. The number of carbonyl (C=O) groups excluding carboxylic acids is 1. The van der Waals surface area contributed by atoms with Gasteiger partial charge in [-0.1, -0.05) is 12.1 Å². The third kappa shape index (κ3) is 4.99. The normalized spacial score (nSPS) is 14.0. The summed E-state index contributed by atoms with van der Waals surface area (Å²) < 4.78 is 5.42. The summed E-state index contributed by atoms with van der Waals surface area (Å²) in [4.78, 5) is 23.7. The van der Waals surface area contributed by atoms with Crippen LogP contribution in [0.5, 0.6) is 0 Å². The van der Waals surface area contributed by atoms with Gasteiger partial charge in [-0.2, -0.15) is 0 Å². The largest absolute Gasteiger partial charge is 0.378 e. The number of pyridine rings is 1. The summed E-state index contributed by atoms with van der Waals surface area (Å²) in [7, 11) is 0. The second-order valence-corrected chi connectivity index (χ2v) is 7.78. The quantitative estimate of drug-likeness (QED) is 0.607. The van der Waals surface area contributed by atoms with Crippen molar-refractivity contribution in [3.63, 3.8) is 0 Å². The van der Waals surface area contributed by atoms with Crippen molar-refractivity contribution in [3.05, 3.63) is 64.7 Å². The van der Waals surface area contributed by atoms with Crippen LogP contribution in [0, 0.1) is 0 Å². The summed E-state index contributed by atoms with van der Waals surface area (Å²) in [5.74, 6) is -0.0243. The van der Waals surface area contributed by atoms with Gasteiger partial charge in [0.05, 0.1) is 29.5 Å². The van der Waals surface area contributed by atoms with Crippen molar-refractivity contribution in [1.29, 1.82) is 0 Å². The molecule has 0 radical (unpaired) electrons. The van der Waals surface area contributed by atoms with E-state index in [4.69, 9.17) is 9.72 Å². The maximum Gasteiger partial charge on any atom is 0.253 e. The molecule has 3 aromatic rings. The highest BCUT2D eigenvalue weighted by molar-refractivity contribution is 7.09. The van der Waals surface area contributed by atoms with Crippen LogP contribution >= 0.6 is 11.3 Å². The van der Waals surface area contributed by atoms with Crippen LogP contribution in [0.4, 0.5) is 5.69 Å². The lowest BCUT2D eigenvalue weighted by atomic mass is 10.1. The number of anilines is 1. The number of benzene rings is 1. The van der Waals surface area contributed by atoms with Crippen molar-refractivity contribution in [2.45, 2.75) is 12.8 Å². The minimum atomic E-state index is -0.0243. The first-order valence-electron chi connectivity index (χ1n) is 9.86. The van der Waals surface area contributed by atoms with Gasteiger partial charge < -0.3 is 15.0 Å². The third-order valence-corrected chi connectivity index (χ3v) is 5.79. The molecule has 0 bridgehead atoms. The van der Waals surface area contributed by atoms with Crippen LogP contribution in [0.25, 0.3) is 11.3 Å².